The second-order valence-electron chi connectivity index (χ2n) is 6.82. The van der Waals surface area contributed by atoms with Gasteiger partial charge in [-0.25, -0.2) is 13.1 Å². The minimum Gasteiger partial charge on any atom is -0.382 e. The number of hydrogen-bond donors (Lipinski definition) is 2. The Balaban J connectivity index is 1.81. The number of benzene rings is 2. The highest BCUT2D eigenvalue weighted by Crippen LogP contribution is 2.12. The molecule has 0 fully saturated rings. The van der Waals surface area contributed by atoms with E-state index in [9.17, 15) is 18.0 Å². The van der Waals surface area contributed by atoms with Crippen molar-refractivity contribution in [3.05, 3.63) is 65.2 Å². The Morgan fingerprint density at radius 3 is 2.16 bits per heavy atom. The maximum absolute atomic E-state index is 12.4. The normalized spacial score (nSPS) is 11.3. The SMILES string of the molecule is COCCOCCCNC(=O)c1ccc(CNS(=O)(=O)c2ccc(C(C)=O)cc2)cc1. The molecule has 0 aliphatic carbocycles. The van der Waals surface area contributed by atoms with Crippen LogP contribution in [0.4, 0.5) is 0 Å². The number of carbonyl (C=O) groups is 2. The molecule has 0 bridgehead atoms. The molecule has 0 aliphatic rings. The molecule has 0 unspecified atom stereocenters. The maximum atomic E-state index is 12.4. The van der Waals surface area contributed by atoms with Crippen LogP contribution in [-0.2, 0) is 26.0 Å². The van der Waals surface area contributed by atoms with E-state index in [-0.39, 0.29) is 23.1 Å². The van der Waals surface area contributed by atoms with E-state index in [0.29, 0.717) is 49.5 Å². The van der Waals surface area contributed by atoms with Crippen LogP contribution in [0.2, 0.25) is 0 Å². The quantitative estimate of drug-likeness (QED) is 0.359. The van der Waals surface area contributed by atoms with Gasteiger partial charge in [-0.15, -0.1) is 0 Å². The van der Waals surface area contributed by atoms with Gasteiger partial charge in [-0.3, -0.25) is 9.59 Å². The number of sulfonamides is 1. The van der Waals surface area contributed by atoms with Gasteiger partial charge in [0.15, 0.2) is 5.78 Å². The summed E-state index contributed by atoms with van der Waals surface area (Å²) in [4.78, 5) is 23.6. The first kappa shape index (κ1) is 24.7. The lowest BCUT2D eigenvalue weighted by molar-refractivity contribution is 0.0688. The average Bonchev–Trinajstić information content (AvgIpc) is 2.77. The molecule has 0 aliphatic heterocycles. The van der Waals surface area contributed by atoms with E-state index < -0.39 is 10.0 Å². The van der Waals surface area contributed by atoms with Crippen molar-refractivity contribution < 1.29 is 27.5 Å². The molecule has 0 radical (unpaired) electrons. The first-order valence-corrected chi connectivity index (χ1v) is 11.4. The van der Waals surface area contributed by atoms with Gasteiger partial charge in [0.2, 0.25) is 10.0 Å². The summed E-state index contributed by atoms with van der Waals surface area (Å²) in [6.45, 7) is 3.61. The zero-order valence-electron chi connectivity index (χ0n) is 17.7. The molecular formula is C22H28N2O6S. The van der Waals surface area contributed by atoms with E-state index in [1.165, 1.54) is 31.2 Å². The van der Waals surface area contributed by atoms with Crippen molar-refractivity contribution in [2.45, 2.75) is 24.8 Å². The van der Waals surface area contributed by atoms with E-state index in [2.05, 4.69) is 10.0 Å². The summed E-state index contributed by atoms with van der Waals surface area (Å²) in [6, 6.07) is 12.5. The van der Waals surface area contributed by atoms with E-state index in [4.69, 9.17) is 9.47 Å². The summed E-state index contributed by atoms with van der Waals surface area (Å²) in [5, 5.41) is 2.81. The molecule has 0 atom stereocenters. The highest BCUT2D eigenvalue weighted by molar-refractivity contribution is 7.89. The highest BCUT2D eigenvalue weighted by atomic mass is 32.2. The van der Waals surface area contributed by atoms with Gasteiger partial charge in [-0.05, 0) is 43.2 Å². The molecule has 0 aromatic heterocycles. The van der Waals surface area contributed by atoms with Gasteiger partial charge in [-0.2, -0.15) is 0 Å². The monoisotopic (exact) mass is 448 g/mol. The Hall–Kier alpha value is -2.59. The molecule has 2 aromatic carbocycles. The Morgan fingerprint density at radius 2 is 1.55 bits per heavy atom. The van der Waals surface area contributed by atoms with Crippen molar-refractivity contribution in [2.24, 2.45) is 0 Å². The predicted molar refractivity (Wildman–Crippen MR) is 117 cm³/mol. The van der Waals surface area contributed by atoms with Gasteiger partial charge in [-0.1, -0.05) is 24.3 Å². The van der Waals surface area contributed by atoms with E-state index in [1.54, 1.807) is 31.4 Å². The van der Waals surface area contributed by atoms with Gasteiger partial charge >= 0.3 is 0 Å². The molecule has 8 nitrogen and oxygen atoms in total. The maximum Gasteiger partial charge on any atom is 0.251 e. The number of carbonyl (C=O) groups excluding carboxylic acids is 2. The number of Topliss-reactive ketones (excluding diaryl/α,β-unsaturated/α-hetero) is 1. The summed E-state index contributed by atoms with van der Waals surface area (Å²) in [5.41, 5.74) is 1.66. The number of hydrogen-bond acceptors (Lipinski definition) is 6. The van der Waals surface area contributed by atoms with Crippen molar-refractivity contribution in [3.63, 3.8) is 0 Å². The zero-order valence-corrected chi connectivity index (χ0v) is 18.5. The van der Waals surface area contributed by atoms with E-state index >= 15 is 0 Å². The first-order valence-electron chi connectivity index (χ1n) is 9.88. The summed E-state index contributed by atoms with van der Waals surface area (Å²) in [7, 11) is -2.10. The summed E-state index contributed by atoms with van der Waals surface area (Å²) >= 11 is 0. The van der Waals surface area contributed by atoms with Crippen molar-refractivity contribution >= 4 is 21.7 Å². The van der Waals surface area contributed by atoms with Crippen LogP contribution in [0.15, 0.2) is 53.4 Å². The molecular weight excluding hydrogens is 420 g/mol. The number of nitrogens with one attached hydrogen (secondary N) is 2. The van der Waals surface area contributed by atoms with Crippen molar-refractivity contribution in [3.8, 4) is 0 Å². The second-order valence-corrected chi connectivity index (χ2v) is 8.58. The molecule has 0 saturated heterocycles. The molecule has 2 aromatic rings. The molecule has 2 rings (SSSR count). The fourth-order valence-corrected chi connectivity index (χ4v) is 3.64. The number of rotatable bonds is 13. The standard InChI is InChI=1S/C22H28N2O6S/c1-17(25)19-8-10-21(11-9-19)31(27,28)24-16-18-4-6-20(7-5-18)22(26)23-12-3-13-30-15-14-29-2/h4-11,24H,3,12-16H2,1-2H3,(H,23,26). The Bertz CT molecular complexity index is 957. The van der Waals surface area contributed by atoms with Gasteiger partial charge in [0.1, 0.15) is 0 Å². The minimum atomic E-state index is -3.71. The average molecular weight is 449 g/mol. The third-order valence-corrected chi connectivity index (χ3v) is 5.85. The van der Waals surface area contributed by atoms with Crippen LogP contribution in [0.5, 0.6) is 0 Å². The summed E-state index contributed by atoms with van der Waals surface area (Å²) in [6.07, 6.45) is 0.697. The Kier molecular flexibility index (Phi) is 9.80. The van der Waals surface area contributed by atoms with Gasteiger partial charge in [0, 0.05) is 37.9 Å². The Morgan fingerprint density at radius 1 is 0.903 bits per heavy atom. The number of amides is 1. The second kappa shape index (κ2) is 12.3. The molecule has 31 heavy (non-hydrogen) atoms. The predicted octanol–water partition coefficient (Wildman–Crippen LogP) is 2.15. The zero-order chi connectivity index (χ0) is 22.7. The van der Waals surface area contributed by atoms with Gasteiger partial charge in [0.25, 0.3) is 5.91 Å². The molecule has 0 saturated carbocycles. The van der Waals surface area contributed by atoms with Crippen LogP contribution in [-0.4, -0.2) is 53.6 Å². The van der Waals surface area contributed by atoms with E-state index in [1.807, 2.05) is 0 Å². The molecule has 2 N–H and O–H groups in total. The topological polar surface area (TPSA) is 111 Å². The fourth-order valence-electron chi connectivity index (χ4n) is 2.63. The van der Waals surface area contributed by atoms with Crippen LogP contribution in [0.25, 0.3) is 0 Å². The lowest BCUT2D eigenvalue weighted by Crippen LogP contribution is -2.25. The van der Waals surface area contributed by atoms with E-state index in [0.717, 1.165) is 0 Å². The minimum absolute atomic E-state index is 0.0809. The van der Waals surface area contributed by atoms with Crippen LogP contribution in [0.3, 0.4) is 0 Å². The molecule has 168 valence electrons. The van der Waals surface area contributed by atoms with Gasteiger partial charge < -0.3 is 14.8 Å². The molecule has 0 heterocycles. The van der Waals surface area contributed by atoms with Crippen molar-refractivity contribution in [1.29, 1.82) is 0 Å². The lowest BCUT2D eigenvalue weighted by Gasteiger charge is -2.09. The first-order chi connectivity index (χ1) is 14.8. The summed E-state index contributed by atoms with van der Waals surface area (Å²) in [5.74, 6) is -0.328. The lowest BCUT2D eigenvalue weighted by atomic mass is 10.1. The van der Waals surface area contributed by atoms with Gasteiger partial charge in [0.05, 0.1) is 18.1 Å². The summed E-state index contributed by atoms with van der Waals surface area (Å²) < 4.78 is 37.6. The van der Waals surface area contributed by atoms with Crippen LogP contribution >= 0.6 is 0 Å². The Labute approximate surface area is 183 Å². The molecule has 0 spiro atoms. The number of ketones is 1. The fraction of sp³-hybridized carbons (Fsp3) is 0.364. The third-order valence-electron chi connectivity index (χ3n) is 4.44. The molecule has 9 heteroatoms. The van der Waals surface area contributed by atoms with Crippen LogP contribution in [0, 0.1) is 0 Å². The highest BCUT2D eigenvalue weighted by Gasteiger charge is 2.14. The third kappa shape index (κ3) is 8.22. The van der Waals surface area contributed by atoms with Crippen molar-refractivity contribution in [1.82, 2.24) is 10.0 Å². The largest absolute Gasteiger partial charge is 0.382 e. The molecule has 1 amide bonds. The number of methoxy groups -OCH3 is 1. The van der Waals surface area contributed by atoms with Crippen LogP contribution < -0.4 is 10.0 Å². The smallest absolute Gasteiger partial charge is 0.251 e. The number of ether oxygens (including phenoxy) is 2. The van der Waals surface area contributed by atoms with Crippen LogP contribution in [0.1, 0.15) is 39.6 Å². The van der Waals surface area contributed by atoms with Crippen molar-refractivity contribution in [2.75, 3.05) is 33.5 Å².